The van der Waals surface area contributed by atoms with Gasteiger partial charge in [0.05, 0.1) is 6.20 Å². The van der Waals surface area contributed by atoms with E-state index < -0.39 is 21.4 Å². The van der Waals surface area contributed by atoms with Crippen molar-refractivity contribution in [1.82, 2.24) is 9.61 Å². The maximum absolute atomic E-state index is 12.3. The Morgan fingerprint density at radius 1 is 1.45 bits per heavy atom. The van der Waals surface area contributed by atoms with Crippen molar-refractivity contribution in [3.63, 3.8) is 0 Å². The number of nitriles is 1. The second kappa shape index (κ2) is 4.41. The molecule has 0 saturated carbocycles. The van der Waals surface area contributed by atoms with Gasteiger partial charge in [-0.05, 0) is 6.07 Å². The molecule has 2 radical (unpaired) electrons. The number of pyridine rings is 1. The quantitative estimate of drug-likeness (QED) is 0.450. The highest BCUT2D eigenvalue weighted by Gasteiger charge is 2.48. The van der Waals surface area contributed by atoms with Crippen LogP contribution in [0.2, 0.25) is 0 Å². The number of nitrogens with zero attached hydrogens (tertiary/aromatic N) is 3. The molecule has 2 aromatic rings. The van der Waals surface area contributed by atoms with Gasteiger partial charge in [0.2, 0.25) is 0 Å². The minimum absolute atomic E-state index is 0.0857. The molecule has 0 N–H and O–H groups in total. The Hall–Kier alpha value is -2.22. The molecule has 0 spiro atoms. The highest BCUT2D eigenvalue weighted by molar-refractivity contribution is 7.88. The molecule has 0 aliphatic heterocycles. The normalized spacial score (nSPS) is 12.3. The molecule has 0 aliphatic carbocycles. The number of hydrogen-bond acceptors (Lipinski definition) is 5. The second-order valence-electron chi connectivity index (χ2n) is 3.58. The summed E-state index contributed by atoms with van der Waals surface area (Å²) in [7, 11) is -0.464. The molecule has 0 amide bonds. The smallest absolute Gasteiger partial charge is 0.374 e. The first-order chi connectivity index (χ1) is 9.15. The zero-order valence-electron chi connectivity index (χ0n) is 9.42. The summed E-state index contributed by atoms with van der Waals surface area (Å²) in [6.45, 7) is 0. The number of fused-ring (bicyclic) bond motifs is 1. The highest BCUT2D eigenvalue weighted by atomic mass is 32.2. The van der Waals surface area contributed by atoms with Crippen molar-refractivity contribution in [1.29, 1.82) is 5.26 Å². The minimum atomic E-state index is -5.87. The Labute approximate surface area is 111 Å². The number of halogens is 3. The molecule has 0 aromatic carbocycles. The lowest BCUT2D eigenvalue weighted by molar-refractivity contribution is -0.0499. The Bertz CT molecular complexity index is 823. The summed E-state index contributed by atoms with van der Waals surface area (Å²) < 4.78 is 63.9. The first-order valence-electron chi connectivity index (χ1n) is 4.83. The van der Waals surface area contributed by atoms with Crippen LogP contribution in [-0.2, 0) is 10.1 Å². The Morgan fingerprint density at radius 3 is 2.65 bits per heavy atom. The van der Waals surface area contributed by atoms with E-state index in [2.05, 4.69) is 9.28 Å². The predicted octanol–water partition coefficient (Wildman–Crippen LogP) is 0.228. The van der Waals surface area contributed by atoms with Crippen molar-refractivity contribution < 1.29 is 25.8 Å². The molecule has 20 heavy (non-hydrogen) atoms. The van der Waals surface area contributed by atoms with Crippen LogP contribution in [0, 0.1) is 11.3 Å². The molecule has 2 rings (SSSR count). The maximum atomic E-state index is 12.3. The second-order valence-corrected chi connectivity index (χ2v) is 5.12. The molecule has 0 atom stereocenters. The van der Waals surface area contributed by atoms with Gasteiger partial charge in [0.1, 0.15) is 25.0 Å². The van der Waals surface area contributed by atoms with Crippen LogP contribution in [0.25, 0.3) is 5.52 Å². The molecule has 0 saturated heterocycles. The fourth-order valence-corrected chi connectivity index (χ4v) is 1.87. The van der Waals surface area contributed by atoms with Gasteiger partial charge < -0.3 is 4.18 Å². The van der Waals surface area contributed by atoms with Gasteiger partial charge in [-0.2, -0.15) is 31.9 Å². The van der Waals surface area contributed by atoms with Gasteiger partial charge in [0, 0.05) is 6.20 Å². The van der Waals surface area contributed by atoms with Crippen molar-refractivity contribution in [2.24, 2.45) is 0 Å². The summed E-state index contributed by atoms with van der Waals surface area (Å²) in [5.41, 5.74) is -6.06. The van der Waals surface area contributed by atoms with Crippen LogP contribution < -0.4 is 9.65 Å². The van der Waals surface area contributed by atoms with Gasteiger partial charge in [0.15, 0.2) is 5.75 Å². The molecule has 102 valence electrons. The molecule has 11 heteroatoms. The minimum Gasteiger partial charge on any atom is -0.374 e. The van der Waals surface area contributed by atoms with Crippen LogP contribution in [-0.4, -0.2) is 31.4 Å². The first-order valence-corrected chi connectivity index (χ1v) is 6.24. The summed E-state index contributed by atoms with van der Waals surface area (Å²) in [6.07, 6.45) is 2.24. The lowest BCUT2D eigenvalue weighted by Gasteiger charge is -2.11. The van der Waals surface area contributed by atoms with E-state index in [0.717, 1.165) is 16.8 Å². The van der Waals surface area contributed by atoms with E-state index in [9.17, 15) is 21.6 Å². The summed E-state index contributed by atoms with van der Waals surface area (Å²) >= 11 is 0. The third kappa shape index (κ3) is 2.29. The molecule has 0 aliphatic rings. The third-order valence-corrected chi connectivity index (χ3v) is 3.17. The standard InChI is InChI=1S/C9H3BF3N3O3S/c10-6-1-7(19-20(17,18)9(11,12)13)8-5(2-14)3-15-16(8)4-6/h1,3-4H. The van der Waals surface area contributed by atoms with E-state index in [0.29, 0.717) is 0 Å². The van der Waals surface area contributed by atoms with E-state index >= 15 is 0 Å². The monoisotopic (exact) mass is 301 g/mol. The summed E-state index contributed by atoms with van der Waals surface area (Å²) in [4.78, 5) is 0. The zero-order valence-corrected chi connectivity index (χ0v) is 10.2. The Morgan fingerprint density at radius 2 is 2.10 bits per heavy atom. The fourth-order valence-electron chi connectivity index (χ4n) is 1.41. The van der Waals surface area contributed by atoms with E-state index in [1.807, 2.05) is 0 Å². The van der Waals surface area contributed by atoms with Crippen molar-refractivity contribution in [3.8, 4) is 11.8 Å². The van der Waals surface area contributed by atoms with Crippen LogP contribution >= 0.6 is 0 Å². The summed E-state index contributed by atoms with van der Waals surface area (Å²) in [5, 5.41) is 12.5. The van der Waals surface area contributed by atoms with Crippen molar-refractivity contribution in [3.05, 3.63) is 24.0 Å². The summed E-state index contributed by atoms with van der Waals surface area (Å²) in [6, 6.07) is 2.52. The van der Waals surface area contributed by atoms with Crippen molar-refractivity contribution in [2.75, 3.05) is 0 Å². The van der Waals surface area contributed by atoms with Crippen LogP contribution in [0.3, 0.4) is 0 Å². The molecular weight excluding hydrogens is 298 g/mol. The Balaban J connectivity index is 2.66. The first kappa shape index (κ1) is 14.2. The largest absolute Gasteiger partial charge is 0.534 e. The van der Waals surface area contributed by atoms with E-state index in [1.54, 1.807) is 6.07 Å². The molecule has 0 bridgehead atoms. The lowest BCUT2D eigenvalue weighted by Crippen LogP contribution is -2.28. The molecule has 0 fully saturated rings. The van der Waals surface area contributed by atoms with Crippen molar-refractivity contribution >= 4 is 28.9 Å². The third-order valence-electron chi connectivity index (χ3n) is 2.20. The topological polar surface area (TPSA) is 84.5 Å². The number of aromatic nitrogens is 2. The predicted molar refractivity (Wildman–Crippen MR) is 60.9 cm³/mol. The van der Waals surface area contributed by atoms with Gasteiger partial charge >= 0.3 is 15.6 Å². The van der Waals surface area contributed by atoms with Crippen LogP contribution in [0.15, 0.2) is 18.5 Å². The van der Waals surface area contributed by atoms with Crippen LogP contribution in [0.4, 0.5) is 13.2 Å². The molecule has 2 heterocycles. The van der Waals surface area contributed by atoms with Gasteiger partial charge in [-0.15, -0.1) is 0 Å². The molecule has 6 nitrogen and oxygen atoms in total. The average Bonchev–Trinajstić information content (AvgIpc) is 2.69. The van der Waals surface area contributed by atoms with Gasteiger partial charge in [0.25, 0.3) is 0 Å². The highest BCUT2D eigenvalue weighted by Crippen LogP contribution is 2.29. The van der Waals surface area contributed by atoms with Gasteiger partial charge in [-0.3, -0.25) is 0 Å². The Kier molecular flexibility index (Phi) is 3.13. The van der Waals surface area contributed by atoms with Crippen LogP contribution in [0.5, 0.6) is 5.75 Å². The fraction of sp³-hybridized carbons (Fsp3) is 0.111. The molecular formula is C9H3BF3N3O3S. The maximum Gasteiger partial charge on any atom is 0.534 e. The van der Waals surface area contributed by atoms with E-state index in [-0.39, 0.29) is 16.5 Å². The van der Waals surface area contributed by atoms with E-state index in [1.165, 1.54) is 6.20 Å². The zero-order chi connectivity index (χ0) is 15.1. The molecule has 2 aromatic heterocycles. The SMILES string of the molecule is [B]c1cc(OS(=O)(=O)C(F)(F)F)c2c(C#N)cnn2c1. The number of alkyl halides is 3. The van der Waals surface area contributed by atoms with Crippen LogP contribution in [0.1, 0.15) is 5.56 Å². The lowest BCUT2D eigenvalue weighted by atomic mass is 9.98. The number of rotatable bonds is 2. The number of hydrogen-bond donors (Lipinski definition) is 0. The molecule has 0 unspecified atom stereocenters. The van der Waals surface area contributed by atoms with E-state index in [4.69, 9.17) is 13.1 Å². The van der Waals surface area contributed by atoms with Gasteiger partial charge in [-0.1, -0.05) is 5.46 Å². The average molecular weight is 301 g/mol. The van der Waals surface area contributed by atoms with Crippen molar-refractivity contribution in [2.45, 2.75) is 5.51 Å². The summed E-state index contributed by atoms with van der Waals surface area (Å²) in [5.74, 6) is -0.726. The van der Waals surface area contributed by atoms with Gasteiger partial charge in [-0.25, -0.2) is 4.52 Å².